The number of hydrogen-bond acceptors (Lipinski definition) is 5. The lowest BCUT2D eigenvalue weighted by Crippen LogP contribution is -2.16. The lowest BCUT2D eigenvalue weighted by atomic mass is 10.1. The number of benzene rings is 3. The van der Waals surface area contributed by atoms with Gasteiger partial charge >= 0.3 is 0 Å². The second-order valence-corrected chi connectivity index (χ2v) is 8.52. The molecule has 0 bridgehead atoms. The number of rotatable bonds is 8. The Balaban J connectivity index is 1.52. The number of H-pyrrole nitrogens is 1. The lowest BCUT2D eigenvalue weighted by molar-refractivity contribution is 0.282. The molecule has 8 heteroatoms. The Hall–Kier alpha value is -3.10. The Morgan fingerprint density at radius 2 is 1.88 bits per heavy atom. The van der Waals surface area contributed by atoms with Crippen molar-refractivity contribution in [3.63, 3.8) is 0 Å². The van der Waals surface area contributed by atoms with Crippen LogP contribution in [0.3, 0.4) is 0 Å². The van der Waals surface area contributed by atoms with Crippen molar-refractivity contribution in [2.24, 2.45) is 0 Å². The standard InChI is InChI=1S/C24H23BrN4O2S/c1-16-7-6-8-17(11-16)15-31-22-20(25)12-18(13-21(22)30-2)14-26-29-23(27-28-24(29)32)19-9-4-3-5-10-19/h3-13,26H,14-15H2,1-2H3,(H,28,32). The zero-order valence-corrected chi connectivity index (χ0v) is 20.2. The maximum absolute atomic E-state index is 6.07. The highest BCUT2D eigenvalue weighted by Crippen LogP contribution is 2.37. The molecular formula is C24H23BrN4O2S. The van der Waals surface area contributed by atoms with Crippen molar-refractivity contribution < 1.29 is 9.47 Å². The number of ether oxygens (including phenoxy) is 2. The summed E-state index contributed by atoms with van der Waals surface area (Å²) in [6, 6.07) is 22.1. The Morgan fingerprint density at radius 1 is 1.06 bits per heavy atom. The third kappa shape index (κ3) is 5.03. The summed E-state index contributed by atoms with van der Waals surface area (Å²) in [6.07, 6.45) is 0. The van der Waals surface area contributed by atoms with E-state index in [1.165, 1.54) is 5.56 Å². The normalized spacial score (nSPS) is 10.7. The summed E-state index contributed by atoms with van der Waals surface area (Å²) in [4.78, 5) is 0. The van der Waals surface area contributed by atoms with Crippen LogP contribution in [0.4, 0.5) is 0 Å². The fourth-order valence-corrected chi connectivity index (χ4v) is 4.17. The molecule has 32 heavy (non-hydrogen) atoms. The van der Waals surface area contributed by atoms with Gasteiger partial charge < -0.3 is 14.9 Å². The van der Waals surface area contributed by atoms with Gasteiger partial charge in [-0.25, -0.2) is 9.77 Å². The number of methoxy groups -OCH3 is 1. The van der Waals surface area contributed by atoms with Gasteiger partial charge in [-0.2, -0.15) is 5.10 Å². The largest absolute Gasteiger partial charge is 0.493 e. The van der Waals surface area contributed by atoms with Crippen molar-refractivity contribution in [1.82, 2.24) is 14.9 Å². The zero-order chi connectivity index (χ0) is 22.5. The van der Waals surface area contributed by atoms with Gasteiger partial charge in [0.25, 0.3) is 0 Å². The van der Waals surface area contributed by atoms with Gasteiger partial charge in [-0.3, -0.25) is 0 Å². The van der Waals surface area contributed by atoms with Crippen molar-refractivity contribution in [3.8, 4) is 22.9 Å². The smallest absolute Gasteiger partial charge is 0.214 e. The molecule has 1 heterocycles. The molecule has 0 atom stereocenters. The summed E-state index contributed by atoms with van der Waals surface area (Å²) in [5.41, 5.74) is 7.61. The number of halogens is 1. The van der Waals surface area contributed by atoms with Crippen molar-refractivity contribution in [2.45, 2.75) is 20.1 Å². The highest BCUT2D eigenvalue weighted by atomic mass is 79.9. The molecule has 4 rings (SSSR count). The van der Waals surface area contributed by atoms with Gasteiger partial charge in [-0.05, 0) is 58.3 Å². The predicted molar refractivity (Wildman–Crippen MR) is 132 cm³/mol. The van der Waals surface area contributed by atoms with E-state index in [0.717, 1.165) is 27.0 Å². The van der Waals surface area contributed by atoms with E-state index in [2.05, 4.69) is 50.6 Å². The summed E-state index contributed by atoms with van der Waals surface area (Å²) in [5.74, 6) is 2.05. The van der Waals surface area contributed by atoms with Gasteiger partial charge in [-0.1, -0.05) is 60.2 Å². The average molecular weight is 511 g/mol. The van der Waals surface area contributed by atoms with Crippen LogP contribution >= 0.6 is 28.1 Å². The van der Waals surface area contributed by atoms with Gasteiger partial charge in [0.2, 0.25) is 4.77 Å². The number of nitrogens with zero attached hydrogens (tertiary/aromatic N) is 2. The summed E-state index contributed by atoms with van der Waals surface area (Å²) >= 11 is 9.03. The van der Waals surface area contributed by atoms with E-state index in [0.29, 0.717) is 29.4 Å². The molecule has 0 aliphatic heterocycles. The summed E-state index contributed by atoms with van der Waals surface area (Å²) in [6.45, 7) is 3.04. The van der Waals surface area contributed by atoms with Gasteiger partial charge in [0, 0.05) is 5.56 Å². The molecule has 6 nitrogen and oxygen atoms in total. The Labute approximate surface area is 200 Å². The van der Waals surface area contributed by atoms with E-state index >= 15 is 0 Å². The quantitative estimate of drug-likeness (QED) is 0.284. The Morgan fingerprint density at radius 3 is 2.62 bits per heavy atom. The highest BCUT2D eigenvalue weighted by Gasteiger charge is 2.13. The Bertz CT molecular complexity index is 1270. The van der Waals surface area contributed by atoms with Crippen LogP contribution in [0.1, 0.15) is 16.7 Å². The van der Waals surface area contributed by atoms with Crippen LogP contribution in [0.5, 0.6) is 11.5 Å². The molecule has 0 saturated heterocycles. The van der Waals surface area contributed by atoms with Crippen molar-refractivity contribution >= 4 is 28.1 Å². The molecule has 164 valence electrons. The molecule has 0 aliphatic rings. The summed E-state index contributed by atoms with van der Waals surface area (Å²) in [7, 11) is 1.64. The molecule has 2 N–H and O–H groups in total. The number of nitrogens with one attached hydrogen (secondary N) is 2. The molecule has 0 amide bonds. The first-order valence-corrected chi connectivity index (χ1v) is 11.3. The molecule has 0 unspecified atom stereocenters. The van der Waals surface area contributed by atoms with Crippen LogP contribution in [-0.4, -0.2) is 22.0 Å². The monoisotopic (exact) mass is 510 g/mol. The van der Waals surface area contributed by atoms with Crippen molar-refractivity contribution in [3.05, 3.63) is 92.7 Å². The SMILES string of the molecule is COc1cc(CNn2c(-c3ccccc3)n[nH]c2=S)cc(Br)c1OCc1cccc(C)c1. The third-order valence-corrected chi connectivity index (χ3v) is 5.76. The van der Waals surface area contributed by atoms with Crippen molar-refractivity contribution in [1.29, 1.82) is 0 Å². The van der Waals surface area contributed by atoms with Gasteiger partial charge in [0.1, 0.15) is 6.61 Å². The minimum Gasteiger partial charge on any atom is -0.493 e. The number of aromatic nitrogens is 3. The fraction of sp³-hybridized carbons (Fsp3) is 0.167. The fourth-order valence-electron chi connectivity index (χ4n) is 3.37. The van der Waals surface area contributed by atoms with Crippen LogP contribution in [0.25, 0.3) is 11.4 Å². The first-order valence-electron chi connectivity index (χ1n) is 10.1. The molecule has 3 aromatic carbocycles. The minimum absolute atomic E-state index is 0.457. The first kappa shape index (κ1) is 22.1. The second-order valence-electron chi connectivity index (χ2n) is 7.28. The van der Waals surface area contributed by atoms with E-state index in [1.807, 2.05) is 54.6 Å². The highest BCUT2D eigenvalue weighted by molar-refractivity contribution is 9.10. The molecular weight excluding hydrogens is 488 g/mol. The van der Waals surface area contributed by atoms with Crippen LogP contribution in [0, 0.1) is 11.7 Å². The average Bonchev–Trinajstić information content (AvgIpc) is 3.17. The maximum atomic E-state index is 6.07. The van der Waals surface area contributed by atoms with E-state index < -0.39 is 0 Å². The van der Waals surface area contributed by atoms with Gasteiger partial charge in [0.05, 0.1) is 18.1 Å². The molecule has 1 aromatic heterocycles. The summed E-state index contributed by atoms with van der Waals surface area (Å²) < 4.78 is 14.8. The number of aryl methyl sites for hydroxylation is 1. The summed E-state index contributed by atoms with van der Waals surface area (Å²) in [5, 5.41) is 7.20. The minimum atomic E-state index is 0.457. The number of aromatic amines is 1. The van der Waals surface area contributed by atoms with Gasteiger partial charge in [-0.15, -0.1) is 0 Å². The van der Waals surface area contributed by atoms with Gasteiger partial charge in [0.15, 0.2) is 17.3 Å². The van der Waals surface area contributed by atoms with Crippen LogP contribution in [0.15, 0.2) is 71.2 Å². The van der Waals surface area contributed by atoms with E-state index in [1.54, 1.807) is 11.8 Å². The maximum Gasteiger partial charge on any atom is 0.214 e. The third-order valence-electron chi connectivity index (χ3n) is 4.90. The van der Waals surface area contributed by atoms with E-state index in [4.69, 9.17) is 21.7 Å². The lowest BCUT2D eigenvalue weighted by Gasteiger charge is -2.16. The van der Waals surface area contributed by atoms with E-state index in [-0.39, 0.29) is 0 Å². The second kappa shape index (κ2) is 10.0. The molecule has 0 fully saturated rings. The van der Waals surface area contributed by atoms with Crippen molar-refractivity contribution in [2.75, 3.05) is 12.5 Å². The first-order chi connectivity index (χ1) is 15.5. The molecule has 0 radical (unpaired) electrons. The molecule has 0 spiro atoms. The predicted octanol–water partition coefficient (Wildman–Crippen LogP) is 6.01. The van der Waals surface area contributed by atoms with Crippen LogP contribution < -0.4 is 14.9 Å². The van der Waals surface area contributed by atoms with E-state index in [9.17, 15) is 0 Å². The molecule has 0 saturated carbocycles. The topological polar surface area (TPSA) is 64.1 Å². The molecule has 4 aromatic rings. The van der Waals surface area contributed by atoms with Crippen LogP contribution in [-0.2, 0) is 13.2 Å². The Kier molecular flexibility index (Phi) is 6.92. The number of hydrogen-bond donors (Lipinski definition) is 2. The molecule has 0 aliphatic carbocycles. The van der Waals surface area contributed by atoms with Crippen LogP contribution in [0.2, 0.25) is 0 Å². The zero-order valence-electron chi connectivity index (χ0n) is 17.8.